The van der Waals surface area contributed by atoms with E-state index in [2.05, 4.69) is 32.8 Å². The number of carbonyl (C=O) groups is 1. The molecule has 1 amide bonds. The topological polar surface area (TPSA) is 55.8 Å². The lowest BCUT2D eigenvalue weighted by Crippen LogP contribution is -2.62. The van der Waals surface area contributed by atoms with Gasteiger partial charge in [-0.1, -0.05) is 0 Å². The molecule has 108 valence electrons. The molecule has 0 radical (unpaired) electrons. The summed E-state index contributed by atoms with van der Waals surface area (Å²) in [4.78, 5) is 16.7. The zero-order chi connectivity index (χ0) is 14.1. The van der Waals surface area contributed by atoms with E-state index in [-0.39, 0.29) is 11.7 Å². The van der Waals surface area contributed by atoms with E-state index in [4.69, 9.17) is 0 Å². The second-order valence-corrected chi connectivity index (χ2v) is 6.47. The Kier molecular flexibility index (Phi) is 4.13. The highest BCUT2D eigenvalue weighted by molar-refractivity contribution is 14.1. The van der Waals surface area contributed by atoms with E-state index < -0.39 is 0 Å². The van der Waals surface area contributed by atoms with Crippen LogP contribution < -0.4 is 5.32 Å². The lowest BCUT2D eigenvalue weighted by atomic mass is 10.1. The summed E-state index contributed by atoms with van der Waals surface area (Å²) in [5.74, 6) is 0.193. The van der Waals surface area contributed by atoms with Crippen LogP contribution in [0.15, 0.2) is 18.2 Å². The molecule has 1 aromatic rings. The number of carbonyl (C=O) groups excluding carboxylic acids is 1. The van der Waals surface area contributed by atoms with Crippen molar-refractivity contribution in [2.24, 2.45) is 0 Å². The maximum Gasteiger partial charge on any atom is 0.254 e. The molecule has 6 heteroatoms. The fourth-order valence-electron chi connectivity index (χ4n) is 2.65. The molecule has 2 saturated heterocycles. The highest BCUT2D eigenvalue weighted by Crippen LogP contribution is 2.22. The summed E-state index contributed by atoms with van der Waals surface area (Å²) >= 11 is 2.05. The highest BCUT2D eigenvalue weighted by atomic mass is 127. The molecule has 0 aromatic heterocycles. The van der Waals surface area contributed by atoms with Crippen molar-refractivity contribution in [3.8, 4) is 5.75 Å². The predicted molar refractivity (Wildman–Crippen MR) is 85.0 cm³/mol. The van der Waals surface area contributed by atoms with Crippen LogP contribution in [0.4, 0.5) is 0 Å². The molecule has 0 unspecified atom stereocenters. The van der Waals surface area contributed by atoms with E-state index in [9.17, 15) is 9.90 Å². The van der Waals surface area contributed by atoms with Crippen LogP contribution in [0.25, 0.3) is 0 Å². The summed E-state index contributed by atoms with van der Waals surface area (Å²) in [7, 11) is 0. The van der Waals surface area contributed by atoms with E-state index in [0.29, 0.717) is 11.6 Å². The van der Waals surface area contributed by atoms with Crippen molar-refractivity contribution in [2.45, 2.75) is 6.04 Å². The van der Waals surface area contributed by atoms with Crippen molar-refractivity contribution < 1.29 is 9.90 Å². The fourth-order valence-corrected chi connectivity index (χ4v) is 2.99. The van der Waals surface area contributed by atoms with Crippen molar-refractivity contribution in [3.63, 3.8) is 0 Å². The average Bonchev–Trinajstić information content (AvgIpc) is 2.40. The zero-order valence-electron chi connectivity index (χ0n) is 11.2. The summed E-state index contributed by atoms with van der Waals surface area (Å²) in [5.41, 5.74) is 0.571. The third kappa shape index (κ3) is 2.77. The van der Waals surface area contributed by atoms with Gasteiger partial charge in [0.15, 0.2) is 0 Å². The molecule has 0 saturated carbocycles. The minimum absolute atomic E-state index is 0.0167. The second kappa shape index (κ2) is 5.87. The average molecular weight is 387 g/mol. The van der Waals surface area contributed by atoms with Gasteiger partial charge in [-0.3, -0.25) is 9.69 Å². The Bertz CT molecular complexity index is 511. The molecule has 20 heavy (non-hydrogen) atoms. The van der Waals surface area contributed by atoms with Crippen molar-refractivity contribution in [3.05, 3.63) is 27.3 Å². The van der Waals surface area contributed by atoms with Crippen LogP contribution in [0, 0.1) is 3.57 Å². The van der Waals surface area contributed by atoms with Crippen LogP contribution >= 0.6 is 22.6 Å². The molecular weight excluding hydrogens is 369 g/mol. The van der Waals surface area contributed by atoms with Crippen molar-refractivity contribution >= 4 is 28.5 Å². The maximum atomic E-state index is 12.4. The third-order valence-corrected chi connectivity index (χ3v) is 4.98. The molecule has 1 aromatic carbocycles. The number of aromatic hydroxyl groups is 1. The van der Waals surface area contributed by atoms with Gasteiger partial charge < -0.3 is 15.3 Å². The third-order valence-electron chi connectivity index (χ3n) is 4.07. The van der Waals surface area contributed by atoms with Gasteiger partial charge in [0.2, 0.25) is 0 Å². The van der Waals surface area contributed by atoms with Crippen LogP contribution in [0.3, 0.4) is 0 Å². The number of hydrogen-bond acceptors (Lipinski definition) is 4. The Morgan fingerprint density at radius 3 is 2.50 bits per heavy atom. The predicted octanol–water partition coefficient (Wildman–Crippen LogP) is 0.726. The second-order valence-electron chi connectivity index (χ2n) is 5.31. The van der Waals surface area contributed by atoms with Gasteiger partial charge in [-0.05, 0) is 40.8 Å². The van der Waals surface area contributed by atoms with Crippen LogP contribution in [-0.4, -0.2) is 66.1 Å². The van der Waals surface area contributed by atoms with Gasteiger partial charge in [-0.2, -0.15) is 0 Å². The first-order valence-corrected chi connectivity index (χ1v) is 7.95. The summed E-state index contributed by atoms with van der Waals surface area (Å²) in [5, 5.41) is 13.0. The smallest absolute Gasteiger partial charge is 0.254 e. The Labute approximate surface area is 132 Å². The number of hydrogen-bond donors (Lipinski definition) is 2. The number of piperazine rings is 1. The molecule has 2 aliphatic rings. The molecular formula is C14H18IN3O2. The number of nitrogens with one attached hydrogen (secondary N) is 1. The van der Waals surface area contributed by atoms with Crippen molar-refractivity contribution in [1.29, 1.82) is 0 Å². The Morgan fingerprint density at radius 2 is 1.95 bits per heavy atom. The minimum atomic E-state index is 0.0167. The lowest BCUT2D eigenvalue weighted by Gasteiger charge is -2.43. The standard InChI is InChI=1S/C14H18IN3O2/c15-12-2-1-10(7-13(12)19)14(20)18-5-3-17(4-6-18)11-8-16-9-11/h1-2,7,11,16,19H,3-6,8-9H2. The lowest BCUT2D eigenvalue weighted by molar-refractivity contribution is 0.0502. The number of halogens is 1. The van der Waals surface area contributed by atoms with E-state index in [1.54, 1.807) is 18.2 Å². The van der Waals surface area contributed by atoms with E-state index in [1.165, 1.54) is 0 Å². The van der Waals surface area contributed by atoms with E-state index >= 15 is 0 Å². The minimum Gasteiger partial charge on any atom is -0.507 e. The van der Waals surface area contributed by atoms with Crippen LogP contribution in [0.2, 0.25) is 0 Å². The van der Waals surface area contributed by atoms with Gasteiger partial charge in [0.05, 0.1) is 3.57 Å². The summed E-state index contributed by atoms with van der Waals surface area (Å²) in [6, 6.07) is 5.77. The fraction of sp³-hybridized carbons (Fsp3) is 0.500. The van der Waals surface area contributed by atoms with E-state index in [1.807, 2.05) is 4.90 Å². The van der Waals surface area contributed by atoms with Gasteiger partial charge in [-0.15, -0.1) is 0 Å². The van der Waals surface area contributed by atoms with Crippen LogP contribution in [0.5, 0.6) is 5.75 Å². The van der Waals surface area contributed by atoms with Crippen molar-refractivity contribution in [2.75, 3.05) is 39.3 Å². The number of phenolic OH excluding ortho intramolecular Hbond substituents is 1. The molecule has 2 heterocycles. The van der Waals surface area contributed by atoms with Gasteiger partial charge in [0.1, 0.15) is 5.75 Å². The van der Waals surface area contributed by atoms with Gasteiger partial charge in [0, 0.05) is 50.9 Å². The monoisotopic (exact) mass is 387 g/mol. The molecule has 5 nitrogen and oxygen atoms in total. The first-order valence-electron chi connectivity index (χ1n) is 6.88. The summed E-state index contributed by atoms with van der Waals surface area (Å²) in [6.07, 6.45) is 0. The molecule has 0 atom stereocenters. The van der Waals surface area contributed by atoms with Gasteiger partial charge >= 0.3 is 0 Å². The Balaban J connectivity index is 1.62. The molecule has 3 rings (SSSR count). The molecule has 0 spiro atoms. The zero-order valence-corrected chi connectivity index (χ0v) is 13.3. The van der Waals surface area contributed by atoms with E-state index in [0.717, 1.165) is 42.8 Å². The Hall–Kier alpha value is -0.860. The summed E-state index contributed by atoms with van der Waals surface area (Å²) in [6.45, 7) is 5.55. The number of rotatable bonds is 2. The molecule has 2 N–H and O–H groups in total. The normalized spacial score (nSPS) is 20.8. The van der Waals surface area contributed by atoms with Crippen LogP contribution in [0.1, 0.15) is 10.4 Å². The first-order chi connectivity index (χ1) is 9.65. The molecule has 2 aliphatic heterocycles. The molecule has 2 fully saturated rings. The number of nitrogens with zero attached hydrogens (tertiary/aromatic N) is 2. The Morgan fingerprint density at radius 1 is 1.25 bits per heavy atom. The first kappa shape index (κ1) is 14.1. The SMILES string of the molecule is O=C(c1ccc(I)c(O)c1)N1CCN(C2CNC2)CC1. The maximum absolute atomic E-state index is 12.4. The van der Waals surface area contributed by atoms with Crippen molar-refractivity contribution in [1.82, 2.24) is 15.1 Å². The van der Waals surface area contributed by atoms with Gasteiger partial charge in [-0.25, -0.2) is 0 Å². The quantitative estimate of drug-likeness (QED) is 0.735. The largest absolute Gasteiger partial charge is 0.507 e. The molecule has 0 bridgehead atoms. The number of benzene rings is 1. The van der Waals surface area contributed by atoms with Crippen LogP contribution in [-0.2, 0) is 0 Å². The molecule has 0 aliphatic carbocycles. The summed E-state index contributed by atoms with van der Waals surface area (Å²) < 4.78 is 0.765. The highest BCUT2D eigenvalue weighted by Gasteiger charge is 2.29. The number of phenols is 1. The van der Waals surface area contributed by atoms with Gasteiger partial charge in [0.25, 0.3) is 5.91 Å². The number of amides is 1.